The molecule has 0 spiro atoms. The molecule has 0 aromatic carbocycles. The quantitative estimate of drug-likeness (QED) is 0.703. The summed E-state index contributed by atoms with van der Waals surface area (Å²) in [5.41, 5.74) is -0.308. The predicted octanol–water partition coefficient (Wildman–Crippen LogP) is 1.63. The third kappa shape index (κ3) is 2.23. The van der Waals surface area contributed by atoms with Crippen molar-refractivity contribution in [1.29, 1.82) is 0 Å². The highest BCUT2D eigenvalue weighted by Gasteiger charge is 2.36. The summed E-state index contributed by atoms with van der Waals surface area (Å²) in [6.45, 7) is 5.64. The number of rotatable bonds is 2. The van der Waals surface area contributed by atoms with E-state index in [9.17, 15) is 5.11 Å². The van der Waals surface area contributed by atoms with E-state index < -0.39 is 0 Å². The second-order valence-electron chi connectivity index (χ2n) is 5.06. The molecule has 0 amide bonds. The van der Waals surface area contributed by atoms with Gasteiger partial charge in [-0.25, -0.2) is 0 Å². The molecule has 2 nitrogen and oxygen atoms in total. The third-order valence-corrected chi connectivity index (χ3v) is 3.54. The van der Waals surface area contributed by atoms with Gasteiger partial charge in [0.1, 0.15) is 0 Å². The van der Waals surface area contributed by atoms with Crippen LogP contribution >= 0.6 is 0 Å². The minimum atomic E-state index is -0.308. The van der Waals surface area contributed by atoms with E-state index >= 15 is 0 Å². The van der Waals surface area contributed by atoms with Gasteiger partial charge in [0.25, 0.3) is 0 Å². The third-order valence-electron chi connectivity index (χ3n) is 3.54. The fraction of sp³-hybridized carbons (Fsp3) is 1.00. The van der Waals surface area contributed by atoms with Crippen LogP contribution in [0.15, 0.2) is 0 Å². The largest absolute Gasteiger partial charge is 0.389 e. The van der Waals surface area contributed by atoms with Crippen molar-refractivity contribution in [3.63, 3.8) is 0 Å². The molecule has 1 saturated heterocycles. The van der Waals surface area contributed by atoms with Gasteiger partial charge < -0.3 is 10.0 Å². The van der Waals surface area contributed by atoms with E-state index in [0.29, 0.717) is 0 Å². The van der Waals surface area contributed by atoms with E-state index in [1.807, 2.05) is 0 Å². The number of β-amino-alcohol motifs (C(OH)–C–C–N with tert-alkyl or cyclic N) is 1. The Kier molecular flexibility index (Phi) is 2.61. The van der Waals surface area contributed by atoms with Crippen molar-refractivity contribution >= 4 is 0 Å². The Hall–Kier alpha value is -0.0800. The first-order chi connectivity index (χ1) is 6.18. The van der Waals surface area contributed by atoms with Crippen LogP contribution in [0.25, 0.3) is 0 Å². The van der Waals surface area contributed by atoms with Crippen LogP contribution in [0.4, 0.5) is 0 Å². The molecule has 2 fully saturated rings. The highest BCUT2D eigenvalue weighted by atomic mass is 16.3. The van der Waals surface area contributed by atoms with E-state index in [4.69, 9.17) is 0 Å². The molecule has 1 saturated carbocycles. The molecule has 1 N–H and O–H groups in total. The molecule has 1 aliphatic heterocycles. The highest BCUT2D eigenvalue weighted by Crippen LogP contribution is 2.33. The van der Waals surface area contributed by atoms with Gasteiger partial charge in [0.15, 0.2) is 0 Å². The van der Waals surface area contributed by atoms with Crippen LogP contribution in [-0.4, -0.2) is 35.2 Å². The summed E-state index contributed by atoms with van der Waals surface area (Å²) in [6, 6.07) is 0. The van der Waals surface area contributed by atoms with Crippen molar-refractivity contribution in [2.75, 3.05) is 19.6 Å². The molecule has 2 aliphatic rings. The normalized spacial score (nSPS) is 34.2. The van der Waals surface area contributed by atoms with Gasteiger partial charge in [-0.3, -0.25) is 0 Å². The van der Waals surface area contributed by atoms with Crippen molar-refractivity contribution in [1.82, 2.24) is 4.90 Å². The molecular formula is C11H21NO. The van der Waals surface area contributed by atoms with Gasteiger partial charge >= 0.3 is 0 Å². The second kappa shape index (κ2) is 3.58. The lowest BCUT2D eigenvalue weighted by Gasteiger charge is -2.42. The fourth-order valence-corrected chi connectivity index (χ4v) is 2.59. The van der Waals surface area contributed by atoms with Crippen molar-refractivity contribution in [3.05, 3.63) is 0 Å². The molecule has 76 valence electrons. The van der Waals surface area contributed by atoms with Gasteiger partial charge in [-0.15, -0.1) is 0 Å². The Bertz CT molecular complexity index is 177. The summed E-state index contributed by atoms with van der Waals surface area (Å²) in [6.07, 6.45) is 5.96. The summed E-state index contributed by atoms with van der Waals surface area (Å²) in [5, 5.41) is 10.0. The molecule has 0 unspecified atom stereocenters. The Labute approximate surface area is 80.9 Å². The standard InChI is InChI=1S/C11H21NO/c1-10-4-2-7-12(8-10)9-11(13)5-3-6-11/h10,13H,2-9H2,1H3/t10-/m1/s1. The summed E-state index contributed by atoms with van der Waals surface area (Å²) in [4.78, 5) is 2.45. The van der Waals surface area contributed by atoms with Crippen LogP contribution in [0, 0.1) is 5.92 Å². The lowest BCUT2D eigenvalue weighted by atomic mass is 9.79. The average molecular weight is 183 g/mol. The van der Waals surface area contributed by atoms with Crippen molar-refractivity contribution < 1.29 is 5.11 Å². The maximum Gasteiger partial charge on any atom is 0.0774 e. The molecule has 0 bridgehead atoms. The Morgan fingerprint density at radius 2 is 2.15 bits per heavy atom. The number of piperidine rings is 1. The minimum absolute atomic E-state index is 0.308. The lowest BCUT2D eigenvalue weighted by molar-refractivity contribution is -0.0644. The van der Waals surface area contributed by atoms with Gasteiger partial charge in [-0.05, 0) is 44.6 Å². The van der Waals surface area contributed by atoms with Crippen LogP contribution in [0.1, 0.15) is 39.0 Å². The van der Waals surface area contributed by atoms with Gasteiger partial charge in [0.05, 0.1) is 5.60 Å². The Morgan fingerprint density at radius 3 is 2.69 bits per heavy atom. The molecule has 13 heavy (non-hydrogen) atoms. The van der Waals surface area contributed by atoms with E-state index in [1.54, 1.807) is 0 Å². The molecule has 1 aliphatic carbocycles. The van der Waals surface area contributed by atoms with E-state index in [-0.39, 0.29) is 5.60 Å². The van der Waals surface area contributed by atoms with Gasteiger partial charge in [-0.1, -0.05) is 6.92 Å². The Morgan fingerprint density at radius 1 is 1.38 bits per heavy atom. The number of hydrogen-bond acceptors (Lipinski definition) is 2. The molecule has 0 aromatic rings. The maximum absolute atomic E-state index is 10.0. The summed E-state index contributed by atoms with van der Waals surface area (Å²) in [7, 11) is 0. The second-order valence-corrected chi connectivity index (χ2v) is 5.06. The molecular weight excluding hydrogens is 162 g/mol. The highest BCUT2D eigenvalue weighted by molar-refractivity contribution is 4.91. The fourth-order valence-electron chi connectivity index (χ4n) is 2.59. The van der Waals surface area contributed by atoms with Crippen LogP contribution in [0.2, 0.25) is 0 Å². The molecule has 0 radical (unpaired) electrons. The number of likely N-dealkylation sites (tertiary alicyclic amines) is 1. The number of hydrogen-bond donors (Lipinski definition) is 1. The summed E-state index contributed by atoms with van der Waals surface area (Å²) >= 11 is 0. The first kappa shape index (κ1) is 9.47. The topological polar surface area (TPSA) is 23.5 Å². The molecule has 1 atom stereocenters. The zero-order valence-corrected chi connectivity index (χ0v) is 8.63. The van der Waals surface area contributed by atoms with Gasteiger partial charge in [-0.2, -0.15) is 0 Å². The molecule has 0 aromatic heterocycles. The van der Waals surface area contributed by atoms with Crippen LogP contribution in [0.3, 0.4) is 0 Å². The van der Waals surface area contributed by atoms with Crippen LogP contribution in [0.5, 0.6) is 0 Å². The zero-order chi connectivity index (χ0) is 9.31. The van der Waals surface area contributed by atoms with Gasteiger partial charge in [0, 0.05) is 13.1 Å². The van der Waals surface area contributed by atoms with Gasteiger partial charge in [0.2, 0.25) is 0 Å². The summed E-state index contributed by atoms with van der Waals surface area (Å²) in [5.74, 6) is 0.831. The molecule has 1 heterocycles. The summed E-state index contributed by atoms with van der Waals surface area (Å²) < 4.78 is 0. The molecule has 2 heteroatoms. The average Bonchev–Trinajstić information content (AvgIpc) is 2.01. The smallest absolute Gasteiger partial charge is 0.0774 e. The van der Waals surface area contributed by atoms with Crippen molar-refractivity contribution in [2.24, 2.45) is 5.92 Å². The van der Waals surface area contributed by atoms with E-state index in [1.165, 1.54) is 32.4 Å². The van der Waals surface area contributed by atoms with Crippen molar-refractivity contribution in [3.8, 4) is 0 Å². The molecule has 2 rings (SSSR count). The zero-order valence-electron chi connectivity index (χ0n) is 8.63. The predicted molar refractivity (Wildman–Crippen MR) is 53.6 cm³/mol. The SMILES string of the molecule is C[C@@H]1CCCN(CC2(O)CCC2)C1. The lowest BCUT2D eigenvalue weighted by Crippen LogP contribution is -2.50. The number of nitrogens with zero attached hydrogens (tertiary/aromatic N) is 1. The van der Waals surface area contributed by atoms with Crippen LogP contribution < -0.4 is 0 Å². The first-order valence-electron chi connectivity index (χ1n) is 5.63. The maximum atomic E-state index is 10.0. The minimum Gasteiger partial charge on any atom is -0.389 e. The monoisotopic (exact) mass is 183 g/mol. The number of aliphatic hydroxyl groups is 1. The van der Waals surface area contributed by atoms with Crippen molar-refractivity contribution in [2.45, 2.75) is 44.6 Å². The Balaban J connectivity index is 1.80. The van der Waals surface area contributed by atoms with E-state index in [2.05, 4.69) is 11.8 Å². The van der Waals surface area contributed by atoms with Crippen LogP contribution in [-0.2, 0) is 0 Å². The van der Waals surface area contributed by atoms with E-state index in [0.717, 1.165) is 25.3 Å². The first-order valence-corrected chi connectivity index (χ1v) is 5.63.